The topological polar surface area (TPSA) is 36.0 Å². The summed E-state index contributed by atoms with van der Waals surface area (Å²) < 4.78 is 0. The van der Waals surface area contributed by atoms with Gasteiger partial charge in [0.15, 0.2) is 0 Å². The first-order valence-corrected chi connectivity index (χ1v) is 11.8. The summed E-state index contributed by atoms with van der Waals surface area (Å²) in [6, 6.07) is 8.63. The lowest BCUT2D eigenvalue weighted by molar-refractivity contribution is -0.136. The quantitative estimate of drug-likeness (QED) is 0.507. The van der Waals surface area contributed by atoms with E-state index in [4.69, 9.17) is 0 Å². The molecule has 0 unspecified atom stereocenters. The van der Waals surface area contributed by atoms with Crippen LogP contribution in [0.15, 0.2) is 54.3 Å². The number of hydrogen-bond donors (Lipinski definition) is 2. The summed E-state index contributed by atoms with van der Waals surface area (Å²) in [5, 5.41) is 12.5. The molecule has 2 aromatic rings. The summed E-state index contributed by atoms with van der Waals surface area (Å²) >= 11 is 0. The molecule has 2 aliphatic carbocycles. The highest BCUT2D eigenvalue weighted by Gasteiger charge is 2.57. The lowest BCUT2D eigenvalue weighted by atomic mass is 9.45. The van der Waals surface area contributed by atoms with Crippen LogP contribution in [0.4, 0.5) is 0 Å². The van der Waals surface area contributed by atoms with Crippen molar-refractivity contribution < 1.29 is 5.11 Å². The predicted octanol–water partition coefficient (Wildman–Crippen LogP) is 7.21. The van der Waals surface area contributed by atoms with Crippen LogP contribution in [0, 0.1) is 22.7 Å². The van der Waals surface area contributed by atoms with Gasteiger partial charge in [0.2, 0.25) is 0 Å². The van der Waals surface area contributed by atoms with Crippen LogP contribution >= 0.6 is 0 Å². The first-order valence-electron chi connectivity index (χ1n) is 11.8. The molecule has 2 saturated carbocycles. The molecule has 0 bridgehead atoms. The summed E-state index contributed by atoms with van der Waals surface area (Å²) in [6.07, 6.45) is 11.8. The summed E-state index contributed by atoms with van der Waals surface area (Å²) in [6.45, 7) is 13.8. The molecule has 5 atom stereocenters. The predicted molar refractivity (Wildman–Crippen MR) is 127 cm³/mol. The van der Waals surface area contributed by atoms with Crippen molar-refractivity contribution >= 4 is 10.9 Å². The van der Waals surface area contributed by atoms with Crippen molar-refractivity contribution in [2.45, 2.75) is 78.7 Å². The van der Waals surface area contributed by atoms with E-state index < -0.39 is 0 Å². The van der Waals surface area contributed by atoms with E-state index in [0.717, 1.165) is 38.5 Å². The number of nitrogens with one attached hydrogen (secondary N) is 1. The second kappa shape index (κ2) is 8.04. The maximum atomic E-state index is 11.1. The molecule has 0 aliphatic heterocycles. The number of allylic oxidation sites excluding steroid dienone is 3. The molecule has 1 heterocycles. The summed E-state index contributed by atoms with van der Waals surface area (Å²) in [7, 11) is 0. The highest BCUT2D eigenvalue weighted by molar-refractivity contribution is 5.83. The van der Waals surface area contributed by atoms with E-state index in [-0.39, 0.29) is 16.9 Å². The highest BCUT2D eigenvalue weighted by atomic mass is 16.3. The first-order chi connectivity index (χ1) is 14.3. The Kier molecular flexibility index (Phi) is 5.74. The fourth-order valence-corrected chi connectivity index (χ4v) is 6.89. The van der Waals surface area contributed by atoms with Crippen LogP contribution in [0.25, 0.3) is 10.9 Å². The second-order valence-electron chi connectivity index (χ2n) is 10.8. The molecule has 2 aliphatic rings. The molecular weight excluding hydrogens is 366 g/mol. The Morgan fingerprint density at radius 3 is 2.77 bits per heavy atom. The minimum atomic E-state index is -0.193. The van der Waals surface area contributed by atoms with Gasteiger partial charge in [-0.2, -0.15) is 0 Å². The van der Waals surface area contributed by atoms with E-state index in [0.29, 0.717) is 11.8 Å². The minimum Gasteiger partial charge on any atom is -0.393 e. The van der Waals surface area contributed by atoms with Gasteiger partial charge in [-0.1, -0.05) is 55.8 Å². The molecular formula is C28H39NO. The molecule has 2 fully saturated rings. The number of aromatic nitrogens is 1. The zero-order valence-electron chi connectivity index (χ0n) is 19.3. The molecule has 0 radical (unpaired) electrons. The number of para-hydroxylation sites is 1. The number of hydrogen-bond acceptors (Lipinski definition) is 1. The highest BCUT2D eigenvalue weighted by Crippen LogP contribution is 2.62. The van der Waals surface area contributed by atoms with Crippen molar-refractivity contribution in [2.75, 3.05) is 0 Å². The normalized spacial score (nSPS) is 34.0. The van der Waals surface area contributed by atoms with Crippen LogP contribution in [0.1, 0.15) is 71.8 Å². The summed E-state index contributed by atoms with van der Waals surface area (Å²) in [4.78, 5) is 3.46. The zero-order valence-corrected chi connectivity index (χ0v) is 19.3. The van der Waals surface area contributed by atoms with E-state index >= 15 is 0 Å². The molecule has 2 nitrogen and oxygen atoms in total. The average molecular weight is 406 g/mol. The van der Waals surface area contributed by atoms with Gasteiger partial charge in [0, 0.05) is 17.1 Å². The summed E-state index contributed by atoms with van der Waals surface area (Å²) in [5.41, 5.74) is 5.62. The monoisotopic (exact) mass is 405 g/mol. The Hall–Kier alpha value is -1.80. The lowest BCUT2D eigenvalue weighted by Crippen LogP contribution is -2.56. The fraction of sp³-hybridized carbons (Fsp3) is 0.571. The minimum absolute atomic E-state index is 0.0158. The smallest absolute Gasteiger partial charge is 0.0597 e. The number of fused-ring (bicyclic) bond motifs is 2. The Morgan fingerprint density at radius 2 is 2.00 bits per heavy atom. The molecule has 2 heteroatoms. The third-order valence-electron chi connectivity index (χ3n) is 8.69. The molecule has 162 valence electrons. The van der Waals surface area contributed by atoms with Crippen LogP contribution in [0.3, 0.4) is 0 Å². The number of rotatable bonds is 5. The fourth-order valence-electron chi connectivity index (χ4n) is 6.89. The van der Waals surface area contributed by atoms with Gasteiger partial charge in [0.25, 0.3) is 0 Å². The van der Waals surface area contributed by atoms with Gasteiger partial charge in [0.05, 0.1) is 6.10 Å². The number of aliphatic hydroxyl groups excluding tert-OH is 1. The lowest BCUT2D eigenvalue weighted by Gasteiger charge is -2.60. The first kappa shape index (κ1) is 21.4. The number of H-pyrrole nitrogens is 1. The Morgan fingerprint density at radius 1 is 1.23 bits per heavy atom. The molecule has 2 N–H and O–H groups in total. The SMILES string of the molecule is C=C1CC[C@H]2[C@](C)(CCC=C(C)C)[C@@H](O)CC[C@@]2(C)[C@@H]1Cc1c[nH]c2ccccc12. The van der Waals surface area contributed by atoms with Gasteiger partial charge in [-0.3, -0.25) is 0 Å². The third kappa shape index (κ3) is 3.58. The van der Waals surface area contributed by atoms with E-state index in [1.54, 1.807) is 0 Å². The van der Waals surface area contributed by atoms with Crippen molar-refractivity contribution in [3.05, 3.63) is 59.8 Å². The molecule has 0 spiro atoms. The second-order valence-corrected chi connectivity index (χ2v) is 10.8. The van der Waals surface area contributed by atoms with Gasteiger partial charge in [0.1, 0.15) is 0 Å². The largest absolute Gasteiger partial charge is 0.393 e. The van der Waals surface area contributed by atoms with Gasteiger partial charge in [-0.05, 0) is 93.1 Å². The standard InChI is InChI=1S/C28H39NO/c1-19(2)9-8-15-28(5)25-13-12-20(3)23(27(25,4)16-14-26(28)30)17-21-18-29-24-11-7-6-10-22(21)24/h6-7,9-11,18,23,25-26,29-30H,3,8,12-17H2,1-2,4-5H3/t23-,25-,26+,27+,28+/m1/s1. The van der Waals surface area contributed by atoms with Crippen LogP contribution in [-0.4, -0.2) is 16.2 Å². The van der Waals surface area contributed by atoms with E-state index in [2.05, 4.69) is 75.8 Å². The maximum Gasteiger partial charge on any atom is 0.0597 e. The zero-order chi connectivity index (χ0) is 21.5. The van der Waals surface area contributed by atoms with Crippen LogP contribution in [-0.2, 0) is 6.42 Å². The van der Waals surface area contributed by atoms with Gasteiger partial charge in [-0.25, -0.2) is 0 Å². The average Bonchev–Trinajstić information content (AvgIpc) is 3.11. The van der Waals surface area contributed by atoms with Gasteiger partial charge < -0.3 is 10.1 Å². The van der Waals surface area contributed by atoms with Crippen molar-refractivity contribution in [3.63, 3.8) is 0 Å². The van der Waals surface area contributed by atoms with Crippen molar-refractivity contribution in [3.8, 4) is 0 Å². The van der Waals surface area contributed by atoms with Crippen molar-refractivity contribution in [1.82, 2.24) is 4.98 Å². The van der Waals surface area contributed by atoms with Crippen molar-refractivity contribution in [1.29, 1.82) is 0 Å². The molecule has 0 amide bonds. The van der Waals surface area contributed by atoms with Gasteiger partial charge in [-0.15, -0.1) is 0 Å². The van der Waals surface area contributed by atoms with E-state index in [9.17, 15) is 5.11 Å². The van der Waals surface area contributed by atoms with E-state index in [1.807, 2.05) is 0 Å². The number of benzene rings is 1. The van der Waals surface area contributed by atoms with Crippen LogP contribution < -0.4 is 0 Å². The van der Waals surface area contributed by atoms with Crippen molar-refractivity contribution in [2.24, 2.45) is 22.7 Å². The Bertz CT molecular complexity index is 948. The van der Waals surface area contributed by atoms with Crippen LogP contribution in [0.2, 0.25) is 0 Å². The molecule has 1 aromatic heterocycles. The Labute approximate surface area is 182 Å². The third-order valence-corrected chi connectivity index (χ3v) is 8.69. The molecule has 0 saturated heterocycles. The maximum absolute atomic E-state index is 11.1. The molecule has 30 heavy (non-hydrogen) atoms. The molecule has 4 rings (SSSR count). The van der Waals surface area contributed by atoms with E-state index in [1.165, 1.54) is 34.0 Å². The van der Waals surface area contributed by atoms with Crippen LogP contribution in [0.5, 0.6) is 0 Å². The number of aliphatic hydroxyl groups is 1. The Balaban J connectivity index is 1.65. The number of aromatic amines is 1. The summed E-state index contributed by atoms with van der Waals surface area (Å²) in [5.74, 6) is 1.02. The van der Waals surface area contributed by atoms with Gasteiger partial charge >= 0.3 is 0 Å². The molecule has 1 aromatic carbocycles.